The van der Waals surface area contributed by atoms with Gasteiger partial charge in [-0.15, -0.1) is 0 Å². The molecule has 4 rings (SSSR count). The Balaban J connectivity index is 1.87. The summed E-state index contributed by atoms with van der Waals surface area (Å²) >= 11 is 0. The molecule has 1 heterocycles. The van der Waals surface area contributed by atoms with Crippen molar-refractivity contribution >= 4 is 23.2 Å². The fourth-order valence-corrected chi connectivity index (χ4v) is 3.84. The summed E-state index contributed by atoms with van der Waals surface area (Å²) in [5.41, 5.74) is 2.35. The van der Waals surface area contributed by atoms with E-state index in [0.717, 1.165) is 5.56 Å². The van der Waals surface area contributed by atoms with E-state index in [1.807, 2.05) is 32.0 Å². The van der Waals surface area contributed by atoms with Crippen LogP contribution in [0.5, 0.6) is 5.75 Å². The first kappa shape index (κ1) is 24.5. The molecule has 0 saturated carbocycles. The molecule has 0 bridgehead atoms. The van der Waals surface area contributed by atoms with Crippen LogP contribution in [0.25, 0.3) is 0 Å². The average molecular weight is 485 g/mol. The van der Waals surface area contributed by atoms with Crippen molar-refractivity contribution in [2.75, 3.05) is 16.8 Å². The predicted octanol–water partition coefficient (Wildman–Crippen LogP) is 5.35. The third kappa shape index (κ3) is 5.55. The lowest BCUT2D eigenvalue weighted by molar-refractivity contribution is -0.117. The maximum absolute atomic E-state index is 13.9. The highest BCUT2D eigenvalue weighted by Gasteiger charge is 2.35. The summed E-state index contributed by atoms with van der Waals surface area (Å²) < 4.78 is 19.1. The molecule has 1 unspecified atom stereocenters. The third-order valence-corrected chi connectivity index (χ3v) is 5.51. The molecule has 0 spiro atoms. The Kier molecular flexibility index (Phi) is 7.65. The number of carbonyl (C=O) groups excluding carboxylic acids is 2. The van der Waals surface area contributed by atoms with Crippen molar-refractivity contribution in [3.8, 4) is 5.75 Å². The van der Waals surface area contributed by atoms with E-state index >= 15 is 0 Å². The van der Waals surface area contributed by atoms with Gasteiger partial charge >= 0.3 is 0 Å². The van der Waals surface area contributed by atoms with Crippen LogP contribution in [-0.4, -0.2) is 28.4 Å². The fourth-order valence-electron chi connectivity index (χ4n) is 3.84. The molecule has 1 atom stereocenters. The van der Waals surface area contributed by atoms with Crippen LogP contribution in [0.15, 0.2) is 91.4 Å². The first-order valence-electron chi connectivity index (χ1n) is 11.4. The van der Waals surface area contributed by atoms with Gasteiger partial charge in [0.15, 0.2) is 0 Å². The molecule has 0 aliphatic rings. The largest absolute Gasteiger partial charge is 0.494 e. The maximum atomic E-state index is 13.9. The van der Waals surface area contributed by atoms with E-state index in [1.54, 1.807) is 30.3 Å². The monoisotopic (exact) mass is 484 g/mol. The standard InChI is InChI=1S/C28H25FN4O3/c1-3-36-23-9-6-8-22(17-23)33(28(35)25-18-30-15-16-31-25)26(24-10-5-4-7-19(24)2)27(34)32-21-13-11-20(29)12-14-21/h4-18,26H,3H2,1-2H3,(H,32,34). The van der Waals surface area contributed by atoms with Gasteiger partial charge in [0, 0.05) is 29.8 Å². The molecule has 0 saturated heterocycles. The zero-order valence-electron chi connectivity index (χ0n) is 19.9. The van der Waals surface area contributed by atoms with Crippen molar-refractivity contribution in [3.05, 3.63) is 114 Å². The summed E-state index contributed by atoms with van der Waals surface area (Å²) in [6.45, 7) is 4.17. The summed E-state index contributed by atoms with van der Waals surface area (Å²) in [6, 6.07) is 18.7. The molecule has 0 aliphatic heterocycles. The first-order chi connectivity index (χ1) is 17.5. The van der Waals surface area contributed by atoms with Crippen molar-refractivity contribution in [3.63, 3.8) is 0 Å². The Hall–Kier alpha value is -4.59. The van der Waals surface area contributed by atoms with Crippen LogP contribution in [0.1, 0.15) is 34.6 Å². The number of rotatable bonds is 8. The minimum atomic E-state index is -1.08. The second kappa shape index (κ2) is 11.2. The van der Waals surface area contributed by atoms with Crippen LogP contribution in [0.2, 0.25) is 0 Å². The zero-order valence-corrected chi connectivity index (χ0v) is 19.9. The number of aryl methyl sites for hydroxylation is 1. The summed E-state index contributed by atoms with van der Waals surface area (Å²) in [4.78, 5) is 37.3. The molecule has 7 nitrogen and oxygen atoms in total. The predicted molar refractivity (Wildman–Crippen MR) is 135 cm³/mol. The normalized spacial score (nSPS) is 11.4. The number of aromatic nitrogens is 2. The lowest BCUT2D eigenvalue weighted by atomic mass is 9.97. The number of amides is 2. The third-order valence-electron chi connectivity index (χ3n) is 5.51. The van der Waals surface area contributed by atoms with E-state index in [4.69, 9.17) is 4.74 Å². The van der Waals surface area contributed by atoms with Crippen molar-refractivity contribution < 1.29 is 18.7 Å². The number of benzene rings is 3. The number of carbonyl (C=O) groups is 2. The molecule has 36 heavy (non-hydrogen) atoms. The molecule has 4 aromatic rings. The van der Waals surface area contributed by atoms with E-state index in [2.05, 4.69) is 15.3 Å². The van der Waals surface area contributed by atoms with Crippen molar-refractivity contribution in [1.82, 2.24) is 9.97 Å². The van der Waals surface area contributed by atoms with Crippen LogP contribution in [0.3, 0.4) is 0 Å². The van der Waals surface area contributed by atoms with E-state index in [-0.39, 0.29) is 5.69 Å². The molecule has 0 aliphatic carbocycles. The highest BCUT2D eigenvalue weighted by Crippen LogP contribution is 2.33. The van der Waals surface area contributed by atoms with Gasteiger partial charge in [-0.25, -0.2) is 9.37 Å². The van der Waals surface area contributed by atoms with Crippen LogP contribution < -0.4 is 15.0 Å². The number of nitrogens with zero attached hydrogens (tertiary/aromatic N) is 3. The van der Waals surface area contributed by atoms with Crippen LogP contribution in [-0.2, 0) is 4.79 Å². The second-order valence-corrected chi connectivity index (χ2v) is 7.95. The molecule has 1 N–H and O–H groups in total. The summed E-state index contributed by atoms with van der Waals surface area (Å²) in [7, 11) is 0. The second-order valence-electron chi connectivity index (χ2n) is 7.95. The lowest BCUT2D eigenvalue weighted by Gasteiger charge is -2.32. The molecule has 3 aromatic carbocycles. The van der Waals surface area contributed by atoms with Gasteiger partial charge in [-0.2, -0.15) is 0 Å². The van der Waals surface area contributed by atoms with Crippen LogP contribution in [0, 0.1) is 12.7 Å². The molecule has 182 valence electrons. The number of halogens is 1. The SMILES string of the molecule is CCOc1cccc(N(C(=O)c2cnccn2)C(C(=O)Nc2ccc(F)cc2)c2ccccc2C)c1. The van der Waals surface area contributed by atoms with Crippen molar-refractivity contribution in [2.45, 2.75) is 19.9 Å². The number of nitrogens with one attached hydrogen (secondary N) is 1. The number of hydrogen-bond acceptors (Lipinski definition) is 5. The van der Waals surface area contributed by atoms with Gasteiger partial charge in [-0.05, 0) is 61.4 Å². The Labute approximate surface area is 208 Å². The minimum Gasteiger partial charge on any atom is -0.494 e. The van der Waals surface area contributed by atoms with Gasteiger partial charge in [0.25, 0.3) is 11.8 Å². The Morgan fingerprint density at radius 1 is 1.03 bits per heavy atom. The Bertz CT molecular complexity index is 1350. The fraction of sp³-hybridized carbons (Fsp3) is 0.143. The molecular weight excluding hydrogens is 459 g/mol. The lowest BCUT2D eigenvalue weighted by Crippen LogP contribution is -2.42. The summed E-state index contributed by atoms with van der Waals surface area (Å²) in [6.07, 6.45) is 4.24. The van der Waals surface area contributed by atoms with Crippen LogP contribution >= 0.6 is 0 Å². The first-order valence-corrected chi connectivity index (χ1v) is 11.4. The van der Waals surface area contributed by atoms with E-state index in [0.29, 0.717) is 29.3 Å². The highest BCUT2D eigenvalue weighted by atomic mass is 19.1. The quantitative estimate of drug-likeness (QED) is 0.365. The van der Waals surface area contributed by atoms with E-state index in [1.165, 1.54) is 47.8 Å². The average Bonchev–Trinajstić information content (AvgIpc) is 2.89. The zero-order chi connectivity index (χ0) is 25.5. The van der Waals surface area contributed by atoms with Gasteiger partial charge in [0.1, 0.15) is 23.3 Å². The van der Waals surface area contributed by atoms with E-state index < -0.39 is 23.7 Å². The number of hydrogen-bond donors (Lipinski definition) is 1. The topological polar surface area (TPSA) is 84.4 Å². The highest BCUT2D eigenvalue weighted by molar-refractivity contribution is 6.11. The van der Waals surface area contributed by atoms with Crippen molar-refractivity contribution in [1.29, 1.82) is 0 Å². The van der Waals surface area contributed by atoms with Crippen LogP contribution in [0.4, 0.5) is 15.8 Å². The number of anilines is 2. The molecular formula is C28H25FN4O3. The van der Waals surface area contributed by atoms with Gasteiger partial charge in [-0.1, -0.05) is 30.3 Å². The molecule has 2 amide bonds. The molecule has 0 fully saturated rings. The van der Waals surface area contributed by atoms with Gasteiger partial charge in [0.05, 0.1) is 12.8 Å². The number of ether oxygens (including phenoxy) is 1. The van der Waals surface area contributed by atoms with Gasteiger partial charge in [0.2, 0.25) is 0 Å². The smallest absolute Gasteiger partial charge is 0.279 e. The Morgan fingerprint density at radius 2 is 1.81 bits per heavy atom. The Morgan fingerprint density at radius 3 is 2.50 bits per heavy atom. The molecule has 8 heteroatoms. The minimum absolute atomic E-state index is 0.0764. The summed E-state index contributed by atoms with van der Waals surface area (Å²) in [5, 5.41) is 2.82. The maximum Gasteiger partial charge on any atom is 0.279 e. The van der Waals surface area contributed by atoms with Gasteiger partial charge < -0.3 is 10.1 Å². The molecule has 1 aromatic heterocycles. The molecule has 0 radical (unpaired) electrons. The van der Waals surface area contributed by atoms with Gasteiger partial charge in [-0.3, -0.25) is 19.5 Å². The van der Waals surface area contributed by atoms with Crippen molar-refractivity contribution in [2.24, 2.45) is 0 Å². The van der Waals surface area contributed by atoms with E-state index in [9.17, 15) is 14.0 Å². The summed E-state index contributed by atoms with van der Waals surface area (Å²) in [5.74, 6) is -0.862.